The molecule has 3 N–H and O–H groups in total. The van der Waals surface area contributed by atoms with Crippen LogP contribution in [0.1, 0.15) is 26.2 Å². The van der Waals surface area contributed by atoms with Crippen molar-refractivity contribution in [3.05, 3.63) is 0 Å². The number of carbonyl (C=O) groups is 1. The van der Waals surface area contributed by atoms with Crippen LogP contribution in [-0.4, -0.2) is 18.5 Å². The zero-order chi connectivity index (χ0) is 8.27. The summed E-state index contributed by atoms with van der Waals surface area (Å²) in [7, 11) is 0. The molecule has 1 saturated heterocycles. The highest BCUT2D eigenvalue weighted by Gasteiger charge is 2.26. The fourth-order valence-electron chi connectivity index (χ4n) is 1.61. The lowest BCUT2D eigenvalue weighted by Gasteiger charge is -2.19. The van der Waals surface area contributed by atoms with Crippen molar-refractivity contribution < 1.29 is 4.79 Å². The first-order valence-electron chi connectivity index (χ1n) is 4.27. The Morgan fingerprint density at radius 3 is 2.91 bits per heavy atom. The van der Waals surface area contributed by atoms with Crippen LogP contribution in [0.25, 0.3) is 0 Å². The van der Waals surface area contributed by atoms with Crippen LogP contribution in [0.15, 0.2) is 0 Å². The van der Waals surface area contributed by atoms with Gasteiger partial charge in [0.05, 0.1) is 0 Å². The van der Waals surface area contributed by atoms with Crippen LogP contribution in [0.3, 0.4) is 0 Å². The molecule has 2 unspecified atom stereocenters. The first-order chi connectivity index (χ1) is 5.27. The molecule has 0 aromatic heterocycles. The summed E-state index contributed by atoms with van der Waals surface area (Å²) in [6.45, 7) is 2.80. The number of carbonyl (C=O) groups excluding carboxylic acids is 1. The molecular formula is C8H16N2O. The average molecular weight is 156 g/mol. The van der Waals surface area contributed by atoms with E-state index in [0.717, 1.165) is 12.8 Å². The normalized spacial score (nSPS) is 26.7. The van der Waals surface area contributed by atoms with E-state index in [-0.39, 0.29) is 5.91 Å². The minimum absolute atomic E-state index is 0.182. The zero-order valence-electron chi connectivity index (χ0n) is 6.97. The summed E-state index contributed by atoms with van der Waals surface area (Å²) in [6.07, 6.45) is 2.71. The number of amides is 1. The van der Waals surface area contributed by atoms with Crippen LogP contribution in [0.2, 0.25) is 0 Å². The largest absolute Gasteiger partial charge is 0.353 e. The lowest BCUT2D eigenvalue weighted by molar-refractivity contribution is -0.119. The third-order valence-electron chi connectivity index (χ3n) is 2.42. The van der Waals surface area contributed by atoms with Crippen molar-refractivity contribution in [1.82, 2.24) is 5.32 Å². The maximum atomic E-state index is 10.8. The zero-order valence-corrected chi connectivity index (χ0v) is 6.97. The van der Waals surface area contributed by atoms with Crippen molar-refractivity contribution in [3.8, 4) is 0 Å². The lowest BCUT2D eigenvalue weighted by Crippen LogP contribution is -2.36. The molecule has 1 aliphatic rings. The van der Waals surface area contributed by atoms with Gasteiger partial charge in [0.1, 0.15) is 0 Å². The lowest BCUT2D eigenvalue weighted by atomic mass is 9.96. The van der Waals surface area contributed by atoms with Crippen molar-refractivity contribution in [2.24, 2.45) is 11.7 Å². The molecule has 0 radical (unpaired) electrons. The van der Waals surface area contributed by atoms with Gasteiger partial charge < -0.3 is 11.1 Å². The Balaban J connectivity index is 2.40. The highest BCUT2D eigenvalue weighted by atomic mass is 16.1. The summed E-state index contributed by atoms with van der Waals surface area (Å²) in [5.41, 5.74) is 5.56. The molecule has 1 amide bonds. The predicted octanol–water partition coefficient (Wildman–Crippen LogP) is 0.250. The molecule has 3 nitrogen and oxygen atoms in total. The molecule has 1 aliphatic heterocycles. The number of rotatable bonds is 3. The average Bonchev–Trinajstić information content (AvgIpc) is 2.39. The highest BCUT2D eigenvalue weighted by Crippen LogP contribution is 2.17. The van der Waals surface area contributed by atoms with Gasteiger partial charge in [0, 0.05) is 12.5 Å². The standard InChI is InChI=1S/C8H16N2O/c1-2-6(5-9)7-3-4-8(11)10-7/h6-7H,2-5,9H2,1H3,(H,10,11). The van der Waals surface area contributed by atoms with Crippen LogP contribution >= 0.6 is 0 Å². The first kappa shape index (κ1) is 8.53. The van der Waals surface area contributed by atoms with Gasteiger partial charge in [-0.3, -0.25) is 4.79 Å². The first-order valence-corrected chi connectivity index (χ1v) is 4.27. The van der Waals surface area contributed by atoms with Gasteiger partial charge in [0.25, 0.3) is 0 Å². The summed E-state index contributed by atoms with van der Waals surface area (Å²) in [5.74, 6) is 0.656. The number of hydrogen-bond donors (Lipinski definition) is 2. The van der Waals surface area contributed by atoms with E-state index in [4.69, 9.17) is 5.73 Å². The van der Waals surface area contributed by atoms with Gasteiger partial charge >= 0.3 is 0 Å². The molecule has 0 aliphatic carbocycles. The van der Waals surface area contributed by atoms with Gasteiger partial charge in [-0.25, -0.2) is 0 Å². The molecular weight excluding hydrogens is 140 g/mol. The second kappa shape index (κ2) is 3.72. The molecule has 3 heteroatoms. The van der Waals surface area contributed by atoms with Crippen molar-refractivity contribution in [1.29, 1.82) is 0 Å². The molecule has 0 saturated carbocycles. The van der Waals surface area contributed by atoms with Crippen LogP contribution in [0, 0.1) is 5.92 Å². The van der Waals surface area contributed by atoms with E-state index in [1.165, 1.54) is 0 Å². The molecule has 2 atom stereocenters. The number of nitrogens with one attached hydrogen (secondary N) is 1. The Bertz CT molecular complexity index is 143. The Kier molecular flexibility index (Phi) is 2.88. The SMILES string of the molecule is CCC(CN)C1CCC(=O)N1. The monoisotopic (exact) mass is 156 g/mol. The Morgan fingerprint density at radius 1 is 1.82 bits per heavy atom. The summed E-state index contributed by atoms with van der Waals surface area (Å²) in [5, 5.41) is 2.94. The summed E-state index contributed by atoms with van der Waals surface area (Å²) < 4.78 is 0. The molecule has 0 aromatic rings. The van der Waals surface area contributed by atoms with E-state index < -0.39 is 0 Å². The smallest absolute Gasteiger partial charge is 0.220 e. The third kappa shape index (κ3) is 1.93. The molecule has 1 rings (SSSR count). The van der Waals surface area contributed by atoms with Crippen LogP contribution < -0.4 is 11.1 Å². The van der Waals surface area contributed by atoms with Gasteiger partial charge in [0.2, 0.25) is 5.91 Å². The molecule has 1 fully saturated rings. The van der Waals surface area contributed by atoms with Crippen molar-refractivity contribution in [2.45, 2.75) is 32.2 Å². The van der Waals surface area contributed by atoms with Crippen molar-refractivity contribution >= 4 is 5.91 Å². The quantitative estimate of drug-likeness (QED) is 0.615. The van der Waals surface area contributed by atoms with E-state index in [1.807, 2.05) is 0 Å². The topological polar surface area (TPSA) is 55.1 Å². The highest BCUT2D eigenvalue weighted by molar-refractivity contribution is 5.78. The van der Waals surface area contributed by atoms with E-state index >= 15 is 0 Å². The minimum atomic E-state index is 0.182. The maximum Gasteiger partial charge on any atom is 0.220 e. The maximum absolute atomic E-state index is 10.8. The Hall–Kier alpha value is -0.570. The fraction of sp³-hybridized carbons (Fsp3) is 0.875. The van der Waals surface area contributed by atoms with Crippen LogP contribution in [0.5, 0.6) is 0 Å². The van der Waals surface area contributed by atoms with E-state index in [2.05, 4.69) is 12.2 Å². The van der Waals surface area contributed by atoms with E-state index in [9.17, 15) is 4.79 Å². The number of nitrogens with two attached hydrogens (primary N) is 1. The van der Waals surface area contributed by atoms with Gasteiger partial charge in [-0.2, -0.15) is 0 Å². The van der Waals surface area contributed by atoms with E-state index in [1.54, 1.807) is 0 Å². The molecule has 0 spiro atoms. The molecule has 64 valence electrons. The second-order valence-corrected chi connectivity index (χ2v) is 3.12. The molecule has 1 heterocycles. The summed E-state index contributed by atoms with van der Waals surface area (Å²) in [6, 6.07) is 0.345. The third-order valence-corrected chi connectivity index (χ3v) is 2.42. The summed E-state index contributed by atoms with van der Waals surface area (Å²) >= 11 is 0. The van der Waals surface area contributed by atoms with E-state index in [0.29, 0.717) is 24.9 Å². The minimum Gasteiger partial charge on any atom is -0.353 e. The van der Waals surface area contributed by atoms with Gasteiger partial charge in [-0.1, -0.05) is 13.3 Å². The van der Waals surface area contributed by atoms with Gasteiger partial charge in [-0.05, 0) is 18.9 Å². The summed E-state index contributed by atoms with van der Waals surface area (Å²) in [4.78, 5) is 10.8. The Labute approximate surface area is 67.3 Å². The number of hydrogen-bond acceptors (Lipinski definition) is 2. The fourth-order valence-corrected chi connectivity index (χ4v) is 1.61. The molecule has 0 aromatic carbocycles. The predicted molar refractivity (Wildman–Crippen MR) is 44.0 cm³/mol. The molecule has 0 bridgehead atoms. The van der Waals surface area contributed by atoms with Crippen LogP contribution in [0.4, 0.5) is 0 Å². The Morgan fingerprint density at radius 2 is 2.55 bits per heavy atom. The van der Waals surface area contributed by atoms with Crippen molar-refractivity contribution in [2.75, 3.05) is 6.54 Å². The van der Waals surface area contributed by atoms with Crippen LogP contribution in [-0.2, 0) is 4.79 Å². The molecule has 11 heavy (non-hydrogen) atoms. The van der Waals surface area contributed by atoms with Gasteiger partial charge in [0.15, 0.2) is 0 Å². The second-order valence-electron chi connectivity index (χ2n) is 3.12. The van der Waals surface area contributed by atoms with Crippen molar-refractivity contribution in [3.63, 3.8) is 0 Å². The van der Waals surface area contributed by atoms with Gasteiger partial charge in [-0.15, -0.1) is 0 Å².